The van der Waals surface area contributed by atoms with Gasteiger partial charge in [0.05, 0.1) is 0 Å². The SMILES string of the molecule is CCN(CC)c1ccc(-c2nc3cc(NC(=O)c4ccc5ccccc5c4)ccc3o2)cc1. The van der Waals surface area contributed by atoms with E-state index in [9.17, 15) is 4.79 Å². The van der Waals surface area contributed by atoms with Gasteiger partial charge in [-0.2, -0.15) is 0 Å². The van der Waals surface area contributed by atoms with Gasteiger partial charge in [-0.25, -0.2) is 4.98 Å². The van der Waals surface area contributed by atoms with Gasteiger partial charge in [0, 0.05) is 35.6 Å². The average molecular weight is 436 g/mol. The number of hydrogen-bond donors (Lipinski definition) is 1. The van der Waals surface area contributed by atoms with Crippen molar-refractivity contribution >= 4 is 39.2 Å². The van der Waals surface area contributed by atoms with Gasteiger partial charge in [0.1, 0.15) is 5.52 Å². The molecular formula is C28H25N3O2. The number of carbonyl (C=O) groups excluding carboxylic acids is 1. The third-order valence-corrected chi connectivity index (χ3v) is 5.90. The monoisotopic (exact) mass is 435 g/mol. The van der Waals surface area contributed by atoms with Crippen LogP contribution in [0.1, 0.15) is 24.2 Å². The Morgan fingerprint density at radius 2 is 1.64 bits per heavy atom. The lowest BCUT2D eigenvalue weighted by Gasteiger charge is -2.20. The molecule has 0 spiro atoms. The van der Waals surface area contributed by atoms with Crippen LogP contribution >= 0.6 is 0 Å². The summed E-state index contributed by atoms with van der Waals surface area (Å²) in [6.07, 6.45) is 0. The quantitative estimate of drug-likeness (QED) is 0.321. The van der Waals surface area contributed by atoms with Crippen LogP contribution in [-0.4, -0.2) is 24.0 Å². The van der Waals surface area contributed by atoms with Gasteiger partial charge in [0.2, 0.25) is 5.89 Å². The van der Waals surface area contributed by atoms with Crippen LogP contribution in [0.4, 0.5) is 11.4 Å². The van der Waals surface area contributed by atoms with Gasteiger partial charge >= 0.3 is 0 Å². The minimum absolute atomic E-state index is 0.157. The molecule has 5 aromatic rings. The first-order chi connectivity index (χ1) is 16.1. The van der Waals surface area contributed by atoms with Crippen molar-refractivity contribution in [2.24, 2.45) is 0 Å². The van der Waals surface area contributed by atoms with Crippen LogP contribution in [0.15, 0.2) is 89.3 Å². The topological polar surface area (TPSA) is 58.4 Å². The minimum Gasteiger partial charge on any atom is -0.436 e. The summed E-state index contributed by atoms with van der Waals surface area (Å²) in [4.78, 5) is 19.7. The molecule has 0 aliphatic carbocycles. The molecule has 0 saturated heterocycles. The summed E-state index contributed by atoms with van der Waals surface area (Å²) in [5.41, 5.74) is 4.78. The maximum absolute atomic E-state index is 12.8. The predicted molar refractivity (Wildman–Crippen MR) is 135 cm³/mol. The number of anilines is 2. The molecule has 0 aliphatic heterocycles. The van der Waals surface area contributed by atoms with Crippen molar-refractivity contribution in [2.75, 3.05) is 23.3 Å². The minimum atomic E-state index is -0.157. The van der Waals surface area contributed by atoms with Crippen molar-refractivity contribution in [3.8, 4) is 11.5 Å². The normalized spacial score (nSPS) is 11.1. The van der Waals surface area contributed by atoms with E-state index in [0.717, 1.165) is 29.4 Å². The summed E-state index contributed by atoms with van der Waals surface area (Å²) in [5, 5.41) is 5.11. The maximum Gasteiger partial charge on any atom is 0.255 e. The van der Waals surface area contributed by atoms with Crippen molar-refractivity contribution in [2.45, 2.75) is 13.8 Å². The van der Waals surface area contributed by atoms with E-state index in [1.807, 2.05) is 72.8 Å². The molecule has 5 rings (SSSR count). The van der Waals surface area contributed by atoms with Gasteiger partial charge in [0.25, 0.3) is 5.91 Å². The highest BCUT2D eigenvalue weighted by molar-refractivity contribution is 6.07. The molecule has 0 bridgehead atoms. The highest BCUT2D eigenvalue weighted by Crippen LogP contribution is 2.28. The van der Waals surface area contributed by atoms with Crippen LogP contribution in [-0.2, 0) is 0 Å². The Labute approximate surface area is 192 Å². The van der Waals surface area contributed by atoms with Crippen LogP contribution in [0.3, 0.4) is 0 Å². The molecule has 33 heavy (non-hydrogen) atoms. The number of oxazole rings is 1. The van der Waals surface area contributed by atoms with Crippen LogP contribution in [0.5, 0.6) is 0 Å². The molecule has 0 fully saturated rings. The highest BCUT2D eigenvalue weighted by atomic mass is 16.3. The first-order valence-electron chi connectivity index (χ1n) is 11.2. The fraction of sp³-hybridized carbons (Fsp3) is 0.143. The van der Waals surface area contributed by atoms with Crippen LogP contribution in [0.2, 0.25) is 0 Å². The number of hydrogen-bond acceptors (Lipinski definition) is 4. The Bertz CT molecular complexity index is 1430. The Kier molecular flexibility index (Phi) is 5.53. The van der Waals surface area contributed by atoms with E-state index in [0.29, 0.717) is 28.2 Å². The zero-order valence-electron chi connectivity index (χ0n) is 18.7. The second-order valence-electron chi connectivity index (χ2n) is 7.94. The predicted octanol–water partition coefficient (Wildman–Crippen LogP) is 6.75. The van der Waals surface area contributed by atoms with Gasteiger partial charge in [0.15, 0.2) is 5.58 Å². The van der Waals surface area contributed by atoms with E-state index in [1.165, 1.54) is 5.69 Å². The largest absolute Gasteiger partial charge is 0.436 e. The van der Waals surface area contributed by atoms with Crippen LogP contribution in [0, 0.1) is 0 Å². The standard InChI is InChI=1S/C28H25N3O2/c1-3-31(4-2)24-14-11-20(12-15-24)28-30-25-18-23(13-16-26(25)33-28)29-27(32)22-10-9-19-7-5-6-8-21(19)17-22/h5-18H,3-4H2,1-2H3,(H,29,32). The molecule has 0 radical (unpaired) electrons. The van der Waals surface area contributed by atoms with Gasteiger partial charge in [-0.15, -0.1) is 0 Å². The second-order valence-corrected chi connectivity index (χ2v) is 7.94. The lowest BCUT2D eigenvalue weighted by atomic mass is 10.1. The fourth-order valence-corrected chi connectivity index (χ4v) is 4.07. The Hall–Kier alpha value is -4.12. The average Bonchev–Trinajstić information content (AvgIpc) is 3.28. The van der Waals surface area contributed by atoms with E-state index in [-0.39, 0.29) is 5.91 Å². The van der Waals surface area contributed by atoms with Gasteiger partial charge < -0.3 is 14.6 Å². The number of amides is 1. The van der Waals surface area contributed by atoms with Gasteiger partial charge in [-0.1, -0.05) is 30.3 Å². The number of nitrogens with zero attached hydrogens (tertiary/aromatic N) is 2. The summed E-state index contributed by atoms with van der Waals surface area (Å²) >= 11 is 0. The lowest BCUT2D eigenvalue weighted by molar-refractivity contribution is 0.102. The summed E-state index contributed by atoms with van der Waals surface area (Å²) in [6.45, 7) is 6.22. The maximum atomic E-state index is 12.8. The molecule has 0 saturated carbocycles. The highest BCUT2D eigenvalue weighted by Gasteiger charge is 2.12. The van der Waals surface area contributed by atoms with Crippen molar-refractivity contribution in [3.05, 3.63) is 90.5 Å². The van der Waals surface area contributed by atoms with Crippen LogP contribution < -0.4 is 10.2 Å². The molecule has 0 atom stereocenters. The van der Waals surface area contributed by atoms with E-state index >= 15 is 0 Å². The fourth-order valence-electron chi connectivity index (χ4n) is 4.07. The number of carbonyl (C=O) groups is 1. The zero-order valence-corrected chi connectivity index (χ0v) is 18.7. The molecule has 1 N–H and O–H groups in total. The Morgan fingerprint density at radius 1 is 0.879 bits per heavy atom. The molecule has 1 amide bonds. The van der Waals surface area contributed by atoms with Gasteiger partial charge in [-0.3, -0.25) is 4.79 Å². The molecular weight excluding hydrogens is 410 g/mol. The molecule has 1 aromatic heterocycles. The van der Waals surface area contributed by atoms with E-state index < -0.39 is 0 Å². The Morgan fingerprint density at radius 3 is 2.39 bits per heavy atom. The van der Waals surface area contributed by atoms with E-state index in [4.69, 9.17) is 4.42 Å². The second kappa shape index (κ2) is 8.79. The first kappa shape index (κ1) is 20.8. The van der Waals surface area contributed by atoms with E-state index in [1.54, 1.807) is 0 Å². The summed E-state index contributed by atoms with van der Waals surface area (Å²) < 4.78 is 5.96. The lowest BCUT2D eigenvalue weighted by Crippen LogP contribution is -2.21. The molecule has 5 heteroatoms. The summed E-state index contributed by atoms with van der Waals surface area (Å²) in [7, 11) is 0. The molecule has 5 nitrogen and oxygen atoms in total. The number of rotatable bonds is 6. The smallest absolute Gasteiger partial charge is 0.255 e. The van der Waals surface area contributed by atoms with Crippen molar-refractivity contribution in [1.29, 1.82) is 0 Å². The van der Waals surface area contributed by atoms with Crippen molar-refractivity contribution < 1.29 is 9.21 Å². The first-order valence-corrected chi connectivity index (χ1v) is 11.2. The number of nitrogens with one attached hydrogen (secondary N) is 1. The third kappa shape index (κ3) is 4.17. The van der Waals surface area contributed by atoms with E-state index in [2.05, 4.69) is 41.2 Å². The van der Waals surface area contributed by atoms with Gasteiger partial charge in [-0.05, 0) is 79.2 Å². The molecule has 0 aliphatic rings. The number of benzene rings is 4. The van der Waals surface area contributed by atoms with Crippen LogP contribution in [0.25, 0.3) is 33.3 Å². The van der Waals surface area contributed by atoms with Crippen molar-refractivity contribution in [3.63, 3.8) is 0 Å². The summed E-state index contributed by atoms with van der Waals surface area (Å²) in [5.74, 6) is 0.407. The molecule has 1 heterocycles. The number of fused-ring (bicyclic) bond motifs is 2. The molecule has 4 aromatic carbocycles. The number of aromatic nitrogens is 1. The zero-order chi connectivity index (χ0) is 22.8. The summed E-state index contributed by atoms with van der Waals surface area (Å²) in [6, 6.07) is 27.4. The van der Waals surface area contributed by atoms with Crippen molar-refractivity contribution in [1.82, 2.24) is 4.98 Å². The Balaban J connectivity index is 1.37. The molecule has 0 unspecified atom stereocenters. The molecule has 164 valence electrons. The third-order valence-electron chi connectivity index (χ3n) is 5.90.